The Hall–Kier alpha value is -1.26. The third-order valence-electron chi connectivity index (χ3n) is 2.04. The second kappa shape index (κ2) is 3.48. The number of aliphatic carboxylic acids is 1. The number of carboxylic acids is 1. The molecule has 0 aliphatic rings. The van der Waals surface area contributed by atoms with Gasteiger partial charge in [-0.25, -0.2) is 4.79 Å². The molecule has 0 fully saturated rings. The highest BCUT2D eigenvalue weighted by atomic mass is 35.5. The zero-order valence-corrected chi connectivity index (χ0v) is 8.38. The van der Waals surface area contributed by atoms with Crippen LogP contribution in [0.2, 0.25) is 5.02 Å². The number of halogens is 1. The summed E-state index contributed by atoms with van der Waals surface area (Å²) in [6.07, 6.45) is 0. The number of anilines is 1. The highest BCUT2D eigenvalue weighted by Crippen LogP contribution is 2.25. The largest absolute Gasteiger partial charge is 0.480 e. The van der Waals surface area contributed by atoms with Gasteiger partial charge in [0.1, 0.15) is 5.54 Å². The van der Waals surface area contributed by atoms with Crippen molar-refractivity contribution in [2.75, 3.05) is 5.73 Å². The molecule has 5 heteroatoms. The highest BCUT2D eigenvalue weighted by Gasteiger charge is 2.30. The van der Waals surface area contributed by atoms with Crippen LogP contribution in [0.1, 0.15) is 12.5 Å². The lowest BCUT2D eigenvalue weighted by atomic mass is 9.93. The van der Waals surface area contributed by atoms with Crippen molar-refractivity contribution in [2.24, 2.45) is 5.73 Å². The Labute approximate surface area is 86.5 Å². The molecule has 76 valence electrons. The topological polar surface area (TPSA) is 89.3 Å². The van der Waals surface area contributed by atoms with Gasteiger partial charge in [0.15, 0.2) is 0 Å². The molecule has 0 aliphatic carbocycles. The molecule has 0 unspecified atom stereocenters. The Kier molecular flexibility index (Phi) is 2.69. The monoisotopic (exact) mass is 214 g/mol. The minimum Gasteiger partial charge on any atom is -0.480 e. The second-order valence-corrected chi connectivity index (χ2v) is 3.65. The van der Waals surface area contributed by atoms with E-state index >= 15 is 0 Å². The van der Waals surface area contributed by atoms with Crippen molar-refractivity contribution in [1.82, 2.24) is 0 Å². The van der Waals surface area contributed by atoms with E-state index in [9.17, 15) is 4.79 Å². The van der Waals surface area contributed by atoms with Gasteiger partial charge in [-0.15, -0.1) is 0 Å². The first-order valence-corrected chi connectivity index (χ1v) is 4.31. The molecule has 0 amide bonds. The minimum atomic E-state index is -1.45. The SMILES string of the molecule is C[C@@](N)(C(=O)O)c1ccc(Cl)c(N)c1. The maximum absolute atomic E-state index is 10.8. The molecule has 0 aliphatic heterocycles. The first-order chi connectivity index (χ1) is 6.35. The van der Waals surface area contributed by atoms with Crippen molar-refractivity contribution in [3.63, 3.8) is 0 Å². The van der Waals surface area contributed by atoms with Gasteiger partial charge in [-0.3, -0.25) is 0 Å². The van der Waals surface area contributed by atoms with Crippen molar-refractivity contribution < 1.29 is 9.90 Å². The second-order valence-electron chi connectivity index (χ2n) is 3.24. The summed E-state index contributed by atoms with van der Waals surface area (Å²) in [6.45, 7) is 1.40. The maximum atomic E-state index is 10.8. The first kappa shape index (κ1) is 10.8. The quantitative estimate of drug-likeness (QED) is 0.645. The molecule has 1 aromatic rings. The van der Waals surface area contributed by atoms with Crippen LogP contribution >= 0.6 is 11.6 Å². The normalized spacial score (nSPS) is 14.8. The van der Waals surface area contributed by atoms with E-state index in [0.29, 0.717) is 16.3 Å². The average Bonchev–Trinajstić information content (AvgIpc) is 2.09. The molecule has 4 nitrogen and oxygen atoms in total. The van der Waals surface area contributed by atoms with Crippen LogP contribution in [0.5, 0.6) is 0 Å². The predicted molar refractivity (Wildman–Crippen MR) is 55.0 cm³/mol. The molecular weight excluding hydrogens is 204 g/mol. The van der Waals surface area contributed by atoms with E-state index in [1.807, 2.05) is 0 Å². The Bertz CT molecular complexity index is 377. The van der Waals surface area contributed by atoms with E-state index in [-0.39, 0.29) is 0 Å². The first-order valence-electron chi connectivity index (χ1n) is 3.93. The smallest absolute Gasteiger partial charge is 0.328 e. The number of carboxylic acid groups (broad SMARTS) is 1. The fourth-order valence-electron chi connectivity index (χ4n) is 0.990. The molecule has 1 aromatic carbocycles. The summed E-state index contributed by atoms with van der Waals surface area (Å²) < 4.78 is 0. The molecule has 0 radical (unpaired) electrons. The number of benzene rings is 1. The van der Waals surface area contributed by atoms with Crippen molar-refractivity contribution in [3.8, 4) is 0 Å². The van der Waals surface area contributed by atoms with E-state index in [4.69, 9.17) is 28.2 Å². The lowest BCUT2D eigenvalue weighted by molar-refractivity contribution is -0.143. The van der Waals surface area contributed by atoms with E-state index in [1.165, 1.54) is 19.1 Å². The van der Waals surface area contributed by atoms with Gasteiger partial charge >= 0.3 is 5.97 Å². The van der Waals surface area contributed by atoms with Crippen molar-refractivity contribution >= 4 is 23.3 Å². The van der Waals surface area contributed by atoms with Crippen LogP contribution in [0.4, 0.5) is 5.69 Å². The van der Waals surface area contributed by atoms with Crippen molar-refractivity contribution in [3.05, 3.63) is 28.8 Å². The summed E-state index contributed by atoms with van der Waals surface area (Å²) in [5.41, 5.74) is 10.4. The third-order valence-corrected chi connectivity index (χ3v) is 2.38. The molecule has 5 N–H and O–H groups in total. The third kappa shape index (κ3) is 1.81. The molecule has 0 bridgehead atoms. The Morgan fingerprint density at radius 3 is 2.57 bits per heavy atom. The highest BCUT2D eigenvalue weighted by molar-refractivity contribution is 6.33. The Morgan fingerprint density at radius 2 is 2.14 bits per heavy atom. The van der Waals surface area contributed by atoms with E-state index in [2.05, 4.69) is 0 Å². The molecule has 14 heavy (non-hydrogen) atoms. The van der Waals surface area contributed by atoms with Gasteiger partial charge in [0.2, 0.25) is 0 Å². The van der Waals surface area contributed by atoms with Gasteiger partial charge in [-0.2, -0.15) is 0 Å². The van der Waals surface area contributed by atoms with Crippen LogP contribution in [-0.2, 0) is 10.3 Å². The zero-order valence-electron chi connectivity index (χ0n) is 7.62. The lowest BCUT2D eigenvalue weighted by Crippen LogP contribution is -2.41. The standard InChI is InChI=1S/C9H11ClN2O2/c1-9(12,8(13)14)5-2-3-6(10)7(11)4-5/h2-4H,11-12H2,1H3,(H,13,14)/t9-/m0/s1. The van der Waals surface area contributed by atoms with Gasteiger partial charge in [0, 0.05) is 0 Å². The molecule has 1 rings (SSSR count). The number of nitrogens with two attached hydrogens (primary N) is 2. The average molecular weight is 215 g/mol. The molecular formula is C9H11ClN2O2. The van der Waals surface area contributed by atoms with Crippen molar-refractivity contribution in [1.29, 1.82) is 0 Å². The van der Waals surface area contributed by atoms with Crippen LogP contribution in [0.3, 0.4) is 0 Å². The number of carbonyl (C=O) groups is 1. The molecule has 0 spiro atoms. The molecule has 0 heterocycles. The fourth-order valence-corrected chi connectivity index (χ4v) is 1.11. The number of nitrogen functional groups attached to an aromatic ring is 1. The van der Waals surface area contributed by atoms with Crippen LogP contribution in [0, 0.1) is 0 Å². The van der Waals surface area contributed by atoms with E-state index < -0.39 is 11.5 Å². The number of hydrogen-bond donors (Lipinski definition) is 3. The molecule has 0 saturated heterocycles. The maximum Gasteiger partial charge on any atom is 0.328 e. The summed E-state index contributed by atoms with van der Waals surface area (Å²) >= 11 is 5.70. The molecule has 0 aromatic heterocycles. The summed E-state index contributed by atoms with van der Waals surface area (Å²) in [5, 5.41) is 9.24. The van der Waals surface area contributed by atoms with Crippen LogP contribution in [0.15, 0.2) is 18.2 Å². The zero-order chi connectivity index (χ0) is 10.9. The van der Waals surface area contributed by atoms with Gasteiger partial charge in [0.05, 0.1) is 10.7 Å². The summed E-state index contributed by atoms with van der Waals surface area (Å²) in [4.78, 5) is 10.8. The predicted octanol–water partition coefficient (Wildman–Crippen LogP) is 1.18. The number of rotatable bonds is 2. The lowest BCUT2D eigenvalue weighted by Gasteiger charge is -2.20. The molecule has 1 atom stereocenters. The van der Waals surface area contributed by atoms with E-state index in [1.54, 1.807) is 6.07 Å². The summed E-state index contributed by atoms with van der Waals surface area (Å²) in [6, 6.07) is 4.55. The fraction of sp³-hybridized carbons (Fsp3) is 0.222. The summed E-state index contributed by atoms with van der Waals surface area (Å²) in [5.74, 6) is -1.11. The van der Waals surface area contributed by atoms with Gasteiger partial charge in [-0.1, -0.05) is 17.7 Å². The number of hydrogen-bond acceptors (Lipinski definition) is 3. The Balaban J connectivity index is 3.21. The van der Waals surface area contributed by atoms with Gasteiger partial charge in [-0.05, 0) is 24.6 Å². The van der Waals surface area contributed by atoms with E-state index in [0.717, 1.165) is 0 Å². The van der Waals surface area contributed by atoms with Crippen LogP contribution in [0.25, 0.3) is 0 Å². The van der Waals surface area contributed by atoms with Crippen LogP contribution < -0.4 is 11.5 Å². The van der Waals surface area contributed by atoms with Gasteiger partial charge in [0.25, 0.3) is 0 Å². The Morgan fingerprint density at radius 1 is 1.57 bits per heavy atom. The van der Waals surface area contributed by atoms with Crippen LogP contribution in [-0.4, -0.2) is 11.1 Å². The summed E-state index contributed by atoms with van der Waals surface area (Å²) in [7, 11) is 0. The minimum absolute atomic E-state index is 0.321. The van der Waals surface area contributed by atoms with Crippen molar-refractivity contribution in [2.45, 2.75) is 12.5 Å². The van der Waals surface area contributed by atoms with Gasteiger partial charge < -0.3 is 16.6 Å². The molecule has 0 saturated carbocycles.